The Labute approximate surface area is 98.0 Å². The summed E-state index contributed by atoms with van der Waals surface area (Å²) in [6, 6.07) is 7.65. The largest absolute Gasteiger partial charge is 0.383 e. The van der Waals surface area contributed by atoms with E-state index < -0.39 is 0 Å². The van der Waals surface area contributed by atoms with Gasteiger partial charge in [-0.05, 0) is 18.2 Å². The lowest BCUT2D eigenvalue weighted by Gasteiger charge is -1.91. The van der Waals surface area contributed by atoms with E-state index in [0.29, 0.717) is 0 Å². The summed E-state index contributed by atoms with van der Waals surface area (Å²) in [6.07, 6.45) is 5.37. The van der Waals surface area contributed by atoms with E-state index in [4.69, 9.17) is 17.6 Å². The SMILES string of the molecule is C#Cc1cccc2sc(C(=N)N)cc12.Cl. The molecule has 1 heterocycles. The van der Waals surface area contributed by atoms with Crippen molar-refractivity contribution in [2.24, 2.45) is 5.73 Å². The molecule has 0 radical (unpaired) electrons. The summed E-state index contributed by atoms with van der Waals surface area (Å²) >= 11 is 1.49. The van der Waals surface area contributed by atoms with Gasteiger partial charge in [-0.15, -0.1) is 30.2 Å². The molecule has 0 aliphatic heterocycles. The van der Waals surface area contributed by atoms with E-state index in [1.54, 1.807) is 0 Å². The Morgan fingerprint density at radius 2 is 2.20 bits per heavy atom. The smallest absolute Gasteiger partial charge is 0.133 e. The van der Waals surface area contributed by atoms with E-state index in [1.807, 2.05) is 24.3 Å². The quantitative estimate of drug-likeness (QED) is 0.446. The Kier molecular flexibility index (Phi) is 3.35. The Bertz CT molecular complexity index is 551. The molecule has 0 aliphatic carbocycles. The molecule has 1 aromatic heterocycles. The minimum Gasteiger partial charge on any atom is -0.383 e. The fourth-order valence-corrected chi connectivity index (χ4v) is 2.27. The van der Waals surface area contributed by atoms with Crippen molar-refractivity contribution in [3.05, 3.63) is 34.7 Å². The fourth-order valence-electron chi connectivity index (χ4n) is 1.32. The van der Waals surface area contributed by atoms with Gasteiger partial charge < -0.3 is 5.73 Å². The second-order valence-electron chi connectivity index (χ2n) is 2.89. The molecule has 0 amide bonds. The molecule has 2 aromatic rings. The molecule has 0 unspecified atom stereocenters. The number of hydrogen-bond acceptors (Lipinski definition) is 2. The summed E-state index contributed by atoms with van der Waals surface area (Å²) < 4.78 is 1.07. The third-order valence-corrected chi connectivity index (χ3v) is 3.12. The minimum absolute atomic E-state index is 0. The monoisotopic (exact) mass is 236 g/mol. The zero-order valence-electron chi connectivity index (χ0n) is 7.78. The van der Waals surface area contributed by atoms with Gasteiger partial charge in [-0.2, -0.15) is 0 Å². The minimum atomic E-state index is 0. The first-order chi connectivity index (χ1) is 6.72. The van der Waals surface area contributed by atoms with Gasteiger partial charge in [-0.1, -0.05) is 12.0 Å². The summed E-state index contributed by atoms with van der Waals surface area (Å²) in [6.45, 7) is 0. The highest BCUT2D eigenvalue weighted by Crippen LogP contribution is 2.27. The molecule has 3 N–H and O–H groups in total. The zero-order chi connectivity index (χ0) is 10.1. The number of amidine groups is 1. The highest BCUT2D eigenvalue weighted by molar-refractivity contribution is 7.20. The average molecular weight is 237 g/mol. The highest BCUT2D eigenvalue weighted by atomic mass is 35.5. The Morgan fingerprint density at radius 1 is 1.47 bits per heavy atom. The van der Waals surface area contributed by atoms with Gasteiger partial charge in [0.25, 0.3) is 0 Å². The maximum Gasteiger partial charge on any atom is 0.133 e. The molecular formula is C11H9ClN2S. The Balaban J connectivity index is 0.00000112. The van der Waals surface area contributed by atoms with Crippen molar-refractivity contribution in [1.29, 1.82) is 5.41 Å². The molecule has 0 aliphatic rings. The van der Waals surface area contributed by atoms with Crippen molar-refractivity contribution in [3.8, 4) is 12.3 Å². The van der Waals surface area contributed by atoms with E-state index in [9.17, 15) is 0 Å². The summed E-state index contributed by atoms with van der Waals surface area (Å²) in [5, 5.41) is 8.34. The van der Waals surface area contributed by atoms with Gasteiger partial charge >= 0.3 is 0 Å². The molecule has 0 spiro atoms. The lowest BCUT2D eigenvalue weighted by molar-refractivity contribution is 1.46. The van der Waals surface area contributed by atoms with E-state index >= 15 is 0 Å². The number of nitrogens with one attached hydrogen (secondary N) is 1. The van der Waals surface area contributed by atoms with Crippen molar-refractivity contribution in [2.45, 2.75) is 0 Å². The van der Waals surface area contributed by atoms with Gasteiger partial charge in [-0.25, -0.2) is 0 Å². The summed E-state index contributed by atoms with van der Waals surface area (Å²) in [5.74, 6) is 2.71. The maximum absolute atomic E-state index is 7.33. The lowest BCUT2D eigenvalue weighted by Crippen LogP contribution is -2.08. The number of nitrogens with two attached hydrogens (primary N) is 1. The lowest BCUT2D eigenvalue weighted by atomic mass is 10.1. The van der Waals surface area contributed by atoms with Gasteiger partial charge in [-0.3, -0.25) is 5.41 Å². The molecule has 15 heavy (non-hydrogen) atoms. The molecule has 0 saturated carbocycles. The summed E-state index contributed by atoms with van der Waals surface area (Å²) in [5.41, 5.74) is 6.26. The van der Waals surface area contributed by atoms with Gasteiger partial charge in [0.1, 0.15) is 5.84 Å². The summed E-state index contributed by atoms with van der Waals surface area (Å²) in [7, 11) is 0. The number of fused-ring (bicyclic) bond motifs is 1. The van der Waals surface area contributed by atoms with Crippen LogP contribution < -0.4 is 5.73 Å². The first-order valence-electron chi connectivity index (χ1n) is 4.06. The number of nitrogen functional groups attached to an aromatic ring is 1. The van der Waals surface area contributed by atoms with Gasteiger partial charge in [0, 0.05) is 15.6 Å². The van der Waals surface area contributed by atoms with Crippen LogP contribution in [0.3, 0.4) is 0 Å². The second kappa shape index (κ2) is 4.35. The van der Waals surface area contributed by atoms with Gasteiger partial charge in [0.15, 0.2) is 0 Å². The fraction of sp³-hybridized carbons (Fsp3) is 0. The third kappa shape index (κ3) is 1.96. The Morgan fingerprint density at radius 3 is 2.80 bits per heavy atom. The van der Waals surface area contributed by atoms with Gasteiger partial charge in [0.05, 0.1) is 4.88 Å². The predicted octanol–water partition coefficient (Wildman–Crippen LogP) is 2.59. The van der Waals surface area contributed by atoms with Crippen LogP contribution in [0.4, 0.5) is 0 Å². The molecular weight excluding hydrogens is 228 g/mol. The Hall–Kier alpha value is -1.50. The number of rotatable bonds is 1. The molecule has 0 bridgehead atoms. The number of thiophene rings is 1. The average Bonchev–Trinajstić information content (AvgIpc) is 2.60. The van der Waals surface area contributed by atoms with Crippen LogP contribution in [-0.2, 0) is 0 Å². The molecule has 0 saturated heterocycles. The van der Waals surface area contributed by atoms with E-state index in [-0.39, 0.29) is 18.2 Å². The van der Waals surface area contributed by atoms with Crippen molar-refractivity contribution >= 4 is 39.7 Å². The maximum atomic E-state index is 7.33. The van der Waals surface area contributed by atoms with E-state index in [1.165, 1.54) is 11.3 Å². The zero-order valence-corrected chi connectivity index (χ0v) is 9.41. The van der Waals surface area contributed by atoms with Crippen LogP contribution in [0.2, 0.25) is 0 Å². The molecule has 76 valence electrons. The van der Waals surface area contributed by atoms with Crippen LogP contribution in [0, 0.1) is 17.8 Å². The highest BCUT2D eigenvalue weighted by Gasteiger charge is 2.05. The number of halogens is 1. The van der Waals surface area contributed by atoms with E-state index in [2.05, 4.69) is 5.92 Å². The van der Waals surface area contributed by atoms with Crippen molar-refractivity contribution in [2.75, 3.05) is 0 Å². The second-order valence-corrected chi connectivity index (χ2v) is 3.97. The van der Waals surface area contributed by atoms with Crippen LogP contribution in [0.15, 0.2) is 24.3 Å². The normalized spacial score (nSPS) is 9.27. The number of hydrogen-bond donors (Lipinski definition) is 2. The van der Waals surface area contributed by atoms with Crippen molar-refractivity contribution in [3.63, 3.8) is 0 Å². The predicted molar refractivity (Wildman–Crippen MR) is 68.0 cm³/mol. The molecule has 2 nitrogen and oxygen atoms in total. The molecule has 2 rings (SSSR count). The molecule has 0 fully saturated rings. The van der Waals surface area contributed by atoms with Crippen LogP contribution in [0.5, 0.6) is 0 Å². The van der Waals surface area contributed by atoms with Crippen LogP contribution in [0.25, 0.3) is 10.1 Å². The van der Waals surface area contributed by atoms with Crippen molar-refractivity contribution < 1.29 is 0 Å². The summed E-state index contributed by atoms with van der Waals surface area (Å²) in [4.78, 5) is 0.766. The van der Waals surface area contributed by atoms with Crippen LogP contribution in [0.1, 0.15) is 10.4 Å². The first-order valence-corrected chi connectivity index (χ1v) is 4.87. The standard InChI is InChI=1S/C11H8N2S.ClH/c1-2-7-4-3-5-9-8(7)6-10(14-9)11(12)13;/h1,3-6H,(H3,12,13);1H. The third-order valence-electron chi connectivity index (χ3n) is 1.98. The van der Waals surface area contributed by atoms with Crippen LogP contribution in [-0.4, -0.2) is 5.84 Å². The first kappa shape index (κ1) is 11.6. The van der Waals surface area contributed by atoms with E-state index in [0.717, 1.165) is 20.5 Å². The number of terminal acetylenes is 1. The molecule has 4 heteroatoms. The molecule has 0 atom stereocenters. The topological polar surface area (TPSA) is 49.9 Å². The van der Waals surface area contributed by atoms with Gasteiger partial charge in [0.2, 0.25) is 0 Å². The molecule has 1 aromatic carbocycles. The number of benzene rings is 1. The van der Waals surface area contributed by atoms with Crippen molar-refractivity contribution in [1.82, 2.24) is 0 Å². The van der Waals surface area contributed by atoms with Crippen LogP contribution >= 0.6 is 23.7 Å².